The van der Waals surface area contributed by atoms with Crippen molar-refractivity contribution in [3.63, 3.8) is 0 Å². The normalized spacial score (nSPS) is 29.3. The van der Waals surface area contributed by atoms with Crippen LogP contribution >= 0.6 is 0 Å². The fourth-order valence-electron chi connectivity index (χ4n) is 2.63. The smallest absolute Gasteiger partial charge is 0.348 e. The number of allylic oxidation sites excluding steroid dienone is 1. The quantitative estimate of drug-likeness (QED) is 0.321. The molecule has 1 saturated carbocycles. The molecule has 0 spiro atoms. The molecule has 1 aromatic rings. The van der Waals surface area contributed by atoms with E-state index in [9.17, 15) is 34.8 Å². The van der Waals surface area contributed by atoms with Crippen LogP contribution in [0.1, 0.15) is 23.2 Å². The summed E-state index contributed by atoms with van der Waals surface area (Å²) in [7, 11) is 0. The van der Waals surface area contributed by atoms with Gasteiger partial charge in [0.1, 0.15) is 6.10 Å². The predicted molar refractivity (Wildman–Crippen MR) is 83.6 cm³/mol. The van der Waals surface area contributed by atoms with Crippen molar-refractivity contribution < 1.29 is 39.5 Å². The number of hydrogen-bond acceptors (Lipinski definition) is 7. The number of aliphatic hydroxyl groups is 3. The van der Waals surface area contributed by atoms with Crippen LogP contribution in [-0.4, -0.2) is 62.1 Å². The van der Waals surface area contributed by atoms with Gasteiger partial charge in [0.05, 0.1) is 12.2 Å². The van der Waals surface area contributed by atoms with E-state index in [1.807, 2.05) is 0 Å². The van der Waals surface area contributed by atoms with E-state index < -0.39 is 54.5 Å². The van der Waals surface area contributed by atoms with Crippen molar-refractivity contribution in [2.45, 2.75) is 36.8 Å². The molecule has 25 heavy (non-hydrogen) atoms. The van der Waals surface area contributed by atoms with E-state index in [0.29, 0.717) is 5.56 Å². The third-order valence-corrected chi connectivity index (χ3v) is 3.98. The number of esters is 1. The monoisotopic (exact) mass is 350 g/mol. The van der Waals surface area contributed by atoms with Crippen LogP contribution in [0.2, 0.25) is 0 Å². The summed E-state index contributed by atoms with van der Waals surface area (Å²) in [6, 6.07) is 8.11. The van der Waals surface area contributed by atoms with Gasteiger partial charge in [-0.3, -0.25) is 4.79 Å². The first-order chi connectivity index (χ1) is 11.7. The van der Waals surface area contributed by atoms with Crippen molar-refractivity contribution in [2.24, 2.45) is 0 Å². The van der Waals surface area contributed by atoms with Crippen LogP contribution in [0.5, 0.6) is 0 Å². The Kier molecular flexibility index (Phi) is 5.68. The number of carboxylic acid groups (broad SMARTS) is 1. The van der Waals surface area contributed by atoms with E-state index in [2.05, 4.69) is 0 Å². The average molecular weight is 350 g/mol. The SMILES string of the molecule is O=C(/C=C/C(=O)c1ccccc1)OC1(C(=O)O)C[C@@H](O)C(O)[C@H](O)C1. The molecule has 1 aliphatic carbocycles. The Balaban J connectivity index is 2.10. The molecule has 134 valence electrons. The van der Waals surface area contributed by atoms with E-state index in [1.54, 1.807) is 30.3 Å². The first-order valence-corrected chi connectivity index (χ1v) is 7.53. The number of rotatable bonds is 5. The molecule has 1 aliphatic rings. The van der Waals surface area contributed by atoms with Crippen LogP contribution in [0.25, 0.3) is 0 Å². The molecule has 0 heterocycles. The zero-order chi connectivity index (χ0) is 18.6. The number of aliphatic carboxylic acids is 1. The molecular formula is C17H18O8. The van der Waals surface area contributed by atoms with Gasteiger partial charge in [0, 0.05) is 24.5 Å². The molecular weight excluding hydrogens is 332 g/mol. The third kappa shape index (κ3) is 4.30. The summed E-state index contributed by atoms with van der Waals surface area (Å²) in [5, 5.41) is 38.2. The second-order valence-corrected chi connectivity index (χ2v) is 5.82. The molecule has 0 radical (unpaired) electrons. The number of ether oxygens (including phenoxy) is 1. The lowest BCUT2D eigenvalue weighted by molar-refractivity contribution is -0.201. The summed E-state index contributed by atoms with van der Waals surface area (Å²) in [5.41, 5.74) is -1.85. The molecule has 0 aromatic heterocycles. The maximum absolute atomic E-state index is 11.9. The van der Waals surface area contributed by atoms with Gasteiger partial charge in [0.15, 0.2) is 5.78 Å². The van der Waals surface area contributed by atoms with Gasteiger partial charge in [-0.05, 0) is 6.08 Å². The van der Waals surface area contributed by atoms with Crippen molar-refractivity contribution in [1.82, 2.24) is 0 Å². The van der Waals surface area contributed by atoms with Crippen LogP contribution < -0.4 is 0 Å². The molecule has 8 nitrogen and oxygen atoms in total. The van der Waals surface area contributed by atoms with Gasteiger partial charge < -0.3 is 25.2 Å². The van der Waals surface area contributed by atoms with Crippen molar-refractivity contribution >= 4 is 17.7 Å². The number of ketones is 1. The minimum atomic E-state index is -2.19. The first-order valence-electron chi connectivity index (χ1n) is 7.53. The van der Waals surface area contributed by atoms with Crippen LogP contribution in [0.15, 0.2) is 42.5 Å². The zero-order valence-electron chi connectivity index (χ0n) is 13.1. The van der Waals surface area contributed by atoms with Gasteiger partial charge in [-0.2, -0.15) is 0 Å². The standard InChI is InChI=1S/C17H18O8/c18-11(10-4-2-1-3-5-10)6-7-14(21)25-17(16(23)24)8-12(19)15(22)13(20)9-17/h1-7,12-13,15,19-20,22H,8-9H2,(H,23,24)/b7-6+/t12-,13-,15?,17?/m1/s1. The van der Waals surface area contributed by atoms with E-state index in [-0.39, 0.29) is 0 Å². The Morgan fingerprint density at radius 1 is 1.00 bits per heavy atom. The lowest BCUT2D eigenvalue weighted by Gasteiger charge is -2.39. The van der Waals surface area contributed by atoms with Crippen molar-refractivity contribution in [3.05, 3.63) is 48.0 Å². The number of carbonyl (C=O) groups excluding carboxylic acids is 2. The molecule has 2 atom stereocenters. The maximum Gasteiger partial charge on any atom is 0.348 e. The number of aliphatic hydroxyl groups excluding tert-OH is 3. The van der Waals surface area contributed by atoms with Crippen molar-refractivity contribution in [1.29, 1.82) is 0 Å². The number of benzene rings is 1. The highest BCUT2D eigenvalue weighted by molar-refractivity contribution is 6.07. The molecule has 1 aromatic carbocycles. The lowest BCUT2D eigenvalue weighted by Crippen LogP contribution is -2.57. The molecule has 0 amide bonds. The summed E-state index contributed by atoms with van der Waals surface area (Å²) >= 11 is 0. The first kappa shape index (κ1) is 18.8. The molecule has 0 bridgehead atoms. The molecule has 8 heteroatoms. The Morgan fingerprint density at radius 2 is 1.56 bits per heavy atom. The minimum Gasteiger partial charge on any atom is -0.478 e. The van der Waals surface area contributed by atoms with Gasteiger partial charge in [-0.1, -0.05) is 30.3 Å². The highest BCUT2D eigenvalue weighted by Gasteiger charge is 2.52. The van der Waals surface area contributed by atoms with Gasteiger partial charge in [0.25, 0.3) is 0 Å². The van der Waals surface area contributed by atoms with Gasteiger partial charge in [-0.15, -0.1) is 0 Å². The summed E-state index contributed by atoms with van der Waals surface area (Å²) < 4.78 is 4.91. The average Bonchev–Trinajstić information content (AvgIpc) is 2.58. The number of carbonyl (C=O) groups is 3. The Morgan fingerprint density at radius 3 is 2.08 bits per heavy atom. The summed E-state index contributed by atoms with van der Waals surface area (Å²) in [4.78, 5) is 35.3. The van der Waals surface area contributed by atoms with Crippen molar-refractivity contribution in [2.75, 3.05) is 0 Å². The van der Waals surface area contributed by atoms with Gasteiger partial charge >= 0.3 is 11.9 Å². The molecule has 4 N–H and O–H groups in total. The number of hydrogen-bond donors (Lipinski definition) is 4. The molecule has 2 rings (SSSR count). The van der Waals surface area contributed by atoms with Crippen LogP contribution in [0, 0.1) is 0 Å². The van der Waals surface area contributed by atoms with Crippen LogP contribution in [-0.2, 0) is 14.3 Å². The van der Waals surface area contributed by atoms with E-state index in [4.69, 9.17) is 4.74 Å². The molecule has 0 aliphatic heterocycles. The Bertz CT molecular complexity index is 669. The molecule has 0 unspecified atom stereocenters. The van der Waals surface area contributed by atoms with E-state index >= 15 is 0 Å². The highest BCUT2D eigenvalue weighted by atomic mass is 16.6. The number of carboxylic acids is 1. The summed E-state index contributed by atoms with van der Waals surface area (Å²) in [5.74, 6) is -3.14. The Labute approximate surface area is 143 Å². The third-order valence-electron chi connectivity index (χ3n) is 3.98. The van der Waals surface area contributed by atoms with Gasteiger partial charge in [-0.25, -0.2) is 9.59 Å². The largest absolute Gasteiger partial charge is 0.478 e. The zero-order valence-corrected chi connectivity index (χ0v) is 13.1. The second kappa shape index (κ2) is 7.56. The highest BCUT2D eigenvalue weighted by Crippen LogP contribution is 2.33. The maximum atomic E-state index is 11.9. The van der Waals surface area contributed by atoms with Gasteiger partial charge in [0.2, 0.25) is 5.60 Å². The fraction of sp³-hybridized carbons (Fsp3) is 0.353. The topological polar surface area (TPSA) is 141 Å². The fourth-order valence-corrected chi connectivity index (χ4v) is 2.63. The lowest BCUT2D eigenvalue weighted by atomic mass is 9.79. The molecule has 0 saturated heterocycles. The van der Waals surface area contributed by atoms with Crippen LogP contribution in [0.3, 0.4) is 0 Å². The minimum absolute atomic E-state index is 0.339. The summed E-state index contributed by atoms with van der Waals surface area (Å²) in [6.07, 6.45) is -4.09. The summed E-state index contributed by atoms with van der Waals surface area (Å²) in [6.45, 7) is 0. The second-order valence-electron chi connectivity index (χ2n) is 5.82. The van der Waals surface area contributed by atoms with Crippen LogP contribution in [0.4, 0.5) is 0 Å². The van der Waals surface area contributed by atoms with Crippen molar-refractivity contribution in [3.8, 4) is 0 Å². The van der Waals surface area contributed by atoms with E-state index in [1.165, 1.54) is 0 Å². The Hall–Kier alpha value is -2.55. The molecule has 1 fully saturated rings. The predicted octanol–water partition coefficient (Wildman–Crippen LogP) is -0.331. The van der Waals surface area contributed by atoms with E-state index in [0.717, 1.165) is 12.2 Å².